The predicted octanol–water partition coefficient (Wildman–Crippen LogP) is 0.630. The molecule has 0 unspecified atom stereocenters. The Morgan fingerprint density at radius 3 is 2.85 bits per heavy atom. The standard InChI is InChI=1S/C8H11BrN2O2/c1-6-5-11(4-2-3-9)8(13)10-7(6)12/h5H,2-4H2,1H3,(H,10,12,13). The van der Waals surface area contributed by atoms with E-state index in [-0.39, 0.29) is 11.2 Å². The van der Waals surface area contributed by atoms with Gasteiger partial charge in [-0.2, -0.15) is 0 Å². The van der Waals surface area contributed by atoms with Gasteiger partial charge in [-0.15, -0.1) is 0 Å². The molecule has 1 aromatic rings. The molecule has 0 spiro atoms. The van der Waals surface area contributed by atoms with Crippen LogP contribution >= 0.6 is 15.9 Å². The summed E-state index contributed by atoms with van der Waals surface area (Å²) in [4.78, 5) is 24.4. The Balaban J connectivity index is 3.02. The van der Waals surface area contributed by atoms with Crippen LogP contribution in [0.3, 0.4) is 0 Å². The van der Waals surface area contributed by atoms with E-state index in [0.717, 1.165) is 11.8 Å². The first-order valence-electron chi connectivity index (χ1n) is 4.01. The van der Waals surface area contributed by atoms with Crippen LogP contribution in [0.5, 0.6) is 0 Å². The molecule has 1 rings (SSSR count). The lowest BCUT2D eigenvalue weighted by atomic mass is 10.4. The number of aromatic nitrogens is 2. The number of nitrogens with one attached hydrogen (secondary N) is 1. The van der Waals surface area contributed by atoms with Crippen molar-refractivity contribution in [2.24, 2.45) is 0 Å². The number of alkyl halides is 1. The first-order chi connectivity index (χ1) is 6.15. The topological polar surface area (TPSA) is 54.9 Å². The number of halogens is 1. The Morgan fingerprint density at radius 2 is 2.23 bits per heavy atom. The molecule has 0 aliphatic carbocycles. The minimum atomic E-state index is -0.337. The number of nitrogens with zero attached hydrogens (tertiary/aromatic N) is 1. The van der Waals surface area contributed by atoms with E-state index in [1.54, 1.807) is 13.1 Å². The Kier molecular flexibility index (Phi) is 3.48. The minimum Gasteiger partial charge on any atom is -0.300 e. The third-order valence-electron chi connectivity index (χ3n) is 1.72. The fourth-order valence-electron chi connectivity index (χ4n) is 1.01. The molecule has 0 aliphatic heterocycles. The zero-order valence-corrected chi connectivity index (χ0v) is 8.93. The molecule has 0 aromatic carbocycles. The Hall–Kier alpha value is -0.840. The zero-order valence-electron chi connectivity index (χ0n) is 7.34. The SMILES string of the molecule is Cc1cn(CCCBr)c(=O)[nH]c1=O. The molecule has 0 fully saturated rings. The number of aromatic amines is 1. The highest BCUT2D eigenvalue weighted by Gasteiger charge is 1.99. The van der Waals surface area contributed by atoms with Crippen molar-refractivity contribution in [1.82, 2.24) is 9.55 Å². The maximum absolute atomic E-state index is 11.2. The van der Waals surface area contributed by atoms with E-state index in [1.165, 1.54) is 4.57 Å². The fourth-order valence-corrected chi connectivity index (χ4v) is 1.27. The van der Waals surface area contributed by atoms with E-state index >= 15 is 0 Å². The summed E-state index contributed by atoms with van der Waals surface area (Å²) >= 11 is 3.28. The molecule has 1 heterocycles. The van der Waals surface area contributed by atoms with Crippen molar-refractivity contribution in [3.8, 4) is 0 Å². The number of rotatable bonds is 3. The van der Waals surface area contributed by atoms with Crippen LogP contribution in [0.1, 0.15) is 12.0 Å². The molecule has 0 atom stereocenters. The molecule has 1 aromatic heterocycles. The highest BCUT2D eigenvalue weighted by molar-refractivity contribution is 9.09. The third kappa shape index (κ3) is 2.55. The molecule has 5 heteroatoms. The van der Waals surface area contributed by atoms with Gasteiger partial charge in [-0.1, -0.05) is 15.9 Å². The number of H-pyrrole nitrogens is 1. The molecule has 4 nitrogen and oxygen atoms in total. The van der Waals surface area contributed by atoms with E-state index < -0.39 is 0 Å². The Morgan fingerprint density at radius 1 is 1.54 bits per heavy atom. The van der Waals surface area contributed by atoms with Gasteiger partial charge < -0.3 is 4.57 Å². The fraction of sp³-hybridized carbons (Fsp3) is 0.500. The molecule has 0 bridgehead atoms. The van der Waals surface area contributed by atoms with Crippen LogP contribution in [0.4, 0.5) is 0 Å². The molecule has 72 valence electrons. The smallest absolute Gasteiger partial charge is 0.300 e. The van der Waals surface area contributed by atoms with Gasteiger partial charge in [0, 0.05) is 23.6 Å². The van der Waals surface area contributed by atoms with Crippen LogP contribution in [0.15, 0.2) is 15.8 Å². The molecule has 0 amide bonds. The highest BCUT2D eigenvalue weighted by Crippen LogP contribution is 1.91. The second-order valence-corrected chi connectivity index (χ2v) is 3.60. The average Bonchev–Trinajstić information content (AvgIpc) is 2.09. The number of aryl methyl sites for hydroxylation is 2. The van der Waals surface area contributed by atoms with Crippen molar-refractivity contribution in [3.63, 3.8) is 0 Å². The lowest BCUT2D eigenvalue weighted by Crippen LogP contribution is -2.30. The van der Waals surface area contributed by atoms with Gasteiger partial charge in [0.25, 0.3) is 5.56 Å². The normalized spacial score (nSPS) is 10.3. The summed E-state index contributed by atoms with van der Waals surface area (Å²) < 4.78 is 1.51. The van der Waals surface area contributed by atoms with Gasteiger partial charge in [0.2, 0.25) is 0 Å². The van der Waals surface area contributed by atoms with Crippen molar-refractivity contribution in [2.75, 3.05) is 5.33 Å². The second-order valence-electron chi connectivity index (χ2n) is 2.81. The van der Waals surface area contributed by atoms with Crippen molar-refractivity contribution >= 4 is 15.9 Å². The lowest BCUT2D eigenvalue weighted by molar-refractivity contribution is 0.633. The Bertz CT molecular complexity index is 394. The summed E-state index contributed by atoms with van der Waals surface area (Å²) in [5.74, 6) is 0. The van der Waals surface area contributed by atoms with Crippen LogP contribution in [0.2, 0.25) is 0 Å². The summed E-state index contributed by atoms with van der Waals surface area (Å²) in [6.45, 7) is 2.31. The summed E-state index contributed by atoms with van der Waals surface area (Å²) in [5.41, 5.74) is -0.0779. The molecule has 13 heavy (non-hydrogen) atoms. The van der Waals surface area contributed by atoms with Gasteiger partial charge in [0.05, 0.1) is 0 Å². The molecule has 0 radical (unpaired) electrons. The van der Waals surface area contributed by atoms with Crippen molar-refractivity contribution in [2.45, 2.75) is 19.9 Å². The van der Waals surface area contributed by atoms with E-state index in [1.807, 2.05) is 0 Å². The zero-order chi connectivity index (χ0) is 9.84. The summed E-state index contributed by atoms with van der Waals surface area (Å²) in [5, 5.41) is 0.845. The van der Waals surface area contributed by atoms with Gasteiger partial charge in [-0.25, -0.2) is 4.79 Å². The van der Waals surface area contributed by atoms with Crippen LogP contribution in [0.25, 0.3) is 0 Å². The average molecular weight is 247 g/mol. The van der Waals surface area contributed by atoms with Crippen molar-refractivity contribution in [3.05, 3.63) is 32.6 Å². The monoisotopic (exact) mass is 246 g/mol. The summed E-state index contributed by atoms with van der Waals surface area (Å²) in [6.07, 6.45) is 2.45. The molecular weight excluding hydrogens is 236 g/mol. The van der Waals surface area contributed by atoms with Crippen LogP contribution in [0, 0.1) is 6.92 Å². The third-order valence-corrected chi connectivity index (χ3v) is 2.28. The number of hydrogen-bond acceptors (Lipinski definition) is 2. The minimum absolute atomic E-state index is 0.305. The summed E-state index contributed by atoms with van der Waals surface area (Å²) in [7, 11) is 0. The van der Waals surface area contributed by atoms with Gasteiger partial charge in [0.15, 0.2) is 0 Å². The van der Waals surface area contributed by atoms with E-state index in [4.69, 9.17) is 0 Å². The van der Waals surface area contributed by atoms with Crippen molar-refractivity contribution in [1.29, 1.82) is 0 Å². The van der Waals surface area contributed by atoms with E-state index in [0.29, 0.717) is 12.1 Å². The maximum atomic E-state index is 11.2. The highest BCUT2D eigenvalue weighted by atomic mass is 79.9. The van der Waals surface area contributed by atoms with Crippen LogP contribution in [-0.4, -0.2) is 14.9 Å². The Labute approximate surface area is 83.7 Å². The molecule has 0 aliphatic rings. The molecule has 0 saturated heterocycles. The van der Waals surface area contributed by atoms with Crippen LogP contribution < -0.4 is 11.2 Å². The molecular formula is C8H11BrN2O2. The first-order valence-corrected chi connectivity index (χ1v) is 5.13. The van der Waals surface area contributed by atoms with E-state index in [9.17, 15) is 9.59 Å². The lowest BCUT2D eigenvalue weighted by Gasteiger charge is -2.03. The number of hydrogen-bond donors (Lipinski definition) is 1. The quantitative estimate of drug-likeness (QED) is 0.796. The van der Waals surface area contributed by atoms with Gasteiger partial charge in [-0.3, -0.25) is 9.78 Å². The second kappa shape index (κ2) is 4.41. The largest absolute Gasteiger partial charge is 0.328 e. The van der Waals surface area contributed by atoms with E-state index in [2.05, 4.69) is 20.9 Å². The predicted molar refractivity (Wildman–Crippen MR) is 54.5 cm³/mol. The first kappa shape index (κ1) is 10.2. The van der Waals surface area contributed by atoms with Gasteiger partial charge in [-0.05, 0) is 13.3 Å². The van der Waals surface area contributed by atoms with Gasteiger partial charge >= 0.3 is 5.69 Å². The van der Waals surface area contributed by atoms with Crippen molar-refractivity contribution < 1.29 is 0 Å². The van der Waals surface area contributed by atoms with Gasteiger partial charge in [0.1, 0.15) is 0 Å². The maximum Gasteiger partial charge on any atom is 0.328 e. The summed E-state index contributed by atoms with van der Waals surface area (Å²) in [6, 6.07) is 0. The molecule has 1 N–H and O–H groups in total. The molecule has 0 saturated carbocycles. The van der Waals surface area contributed by atoms with Crippen LogP contribution in [-0.2, 0) is 6.54 Å².